The van der Waals surface area contributed by atoms with Crippen molar-refractivity contribution in [2.24, 2.45) is 0 Å². The molecule has 0 bridgehead atoms. The maximum atomic E-state index is 12.2. The molecule has 114 valence electrons. The predicted octanol–water partition coefficient (Wildman–Crippen LogP) is 0.948. The van der Waals surface area contributed by atoms with Crippen LogP contribution in [0.25, 0.3) is 0 Å². The number of benzene rings is 1. The Balaban J connectivity index is 2.14. The zero-order valence-corrected chi connectivity index (χ0v) is 10.8. The number of β-amino-alcohol motifs (C(OH)–C–C–N with tert-alkyl or cyclic N) is 1. The summed E-state index contributed by atoms with van der Waals surface area (Å²) in [7, 11) is 0. The number of alkyl halides is 2. The van der Waals surface area contributed by atoms with Gasteiger partial charge in [-0.15, -0.1) is 0 Å². The summed E-state index contributed by atoms with van der Waals surface area (Å²) in [5.74, 6) is -1.88. The molecular weight excluding hydrogens is 288 g/mol. The molecule has 2 rings (SSSR count). The lowest BCUT2D eigenvalue weighted by molar-refractivity contribution is -0.141. The van der Waals surface area contributed by atoms with E-state index in [4.69, 9.17) is 5.11 Å². The van der Waals surface area contributed by atoms with Crippen LogP contribution in [-0.2, 0) is 4.79 Å². The lowest BCUT2D eigenvalue weighted by Crippen LogP contribution is -2.40. The highest BCUT2D eigenvalue weighted by atomic mass is 19.3. The second-order valence-corrected chi connectivity index (χ2v) is 4.60. The molecular formula is C13H13F2NO5. The Labute approximate surface area is 118 Å². The normalized spacial score (nSPS) is 21.6. The highest BCUT2D eigenvalue weighted by Gasteiger charge is 2.39. The average Bonchev–Trinajstić information content (AvgIpc) is 2.80. The van der Waals surface area contributed by atoms with E-state index in [0.717, 1.165) is 4.90 Å². The van der Waals surface area contributed by atoms with E-state index in [0.29, 0.717) is 0 Å². The van der Waals surface area contributed by atoms with Gasteiger partial charge in [-0.05, 0) is 24.3 Å². The summed E-state index contributed by atoms with van der Waals surface area (Å²) in [6, 6.07) is 3.83. The van der Waals surface area contributed by atoms with Gasteiger partial charge in [0, 0.05) is 18.5 Å². The molecule has 1 aromatic rings. The first kappa shape index (κ1) is 15.2. The van der Waals surface area contributed by atoms with Gasteiger partial charge in [0.15, 0.2) is 0 Å². The summed E-state index contributed by atoms with van der Waals surface area (Å²) in [6.45, 7) is -3.04. The fourth-order valence-corrected chi connectivity index (χ4v) is 2.22. The second-order valence-electron chi connectivity index (χ2n) is 4.60. The third kappa shape index (κ3) is 3.46. The van der Waals surface area contributed by atoms with E-state index < -0.39 is 30.6 Å². The minimum atomic E-state index is -2.96. The number of carboxylic acids is 1. The van der Waals surface area contributed by atoms with Crippen LogP contribution in [0, 0.1) is 0 Å². The van der Waals surface area contributed by atoms with Gasteiger partial charge in [-0.25, -0.2) is 4.79 Å². The molecule has 0 aliphatic carbocycles. The van der Waals surface area contributed by atoms with E-state index in [9.17, 15) is 23.5 Å². The van der Waals surface area contributed by atoms with Crippen molar-refractivity contribution in [1.82, 2.24) is 4.90 Å². The standard InChI is InChI=1S/C13H13F2NO5/c14-13(15)21-9-3-1-7(2-4-9)11(18)16-6-8(17)5-10(16)12(19)20/h1-4,8,10,13,17H,5-6H2,(H,19,20). The second kappa shape index (κ2) is 6.04. The highest BCUT2D eigenvalue weighted by molar-refractivity contribution is 5.97. The summed E-state index contributed by atoms with van der Waals surface area (Å²) in [4.78, 5) is 24.3. The molecule has 1 aromatic carbocycles. The van der Waals surface area contributed by atoms with Gasteiger partial charge in [0.1, 0.15) is 11.8 Å². The van der Waals surface area contributed by atoms with Crippen LogP contribution in [0.3, 0.4) is 0 Å². The van der Waals surface area contributed by atoms with Crippen LogP contribution in [-0.4, -0.2) is 52.3 Å². The Bertz CT molecular complexity index is 534. The molecule has 8 heteroatoms. The van der Waals surface area contributed by atoms with Crippen molar-refractivity contribution in [2.45, 2.75) is 25.2 Å². The minimum absolute atomic E-state index is 0.0341. The molecule has 2 unspecified atom stereocenters. The predicted molar refractivity (Wildman–Crippen MR) is 66.2 cm³/mol. The monoisotopic (exact) mass is 301 g/mol. The Morgan fingerprint density at radius 1 is 1.29 bits per heavy atom. The van der Waals surface area contributed by atoms with Crippen LogP contribution in [0.15, 0.2) is 24.3 Å². The van der Waals surface area contributed by atoms with E-state index in [1.54, 1.807) is 0 Å². The van der Waals surface area contributed by atoms with Crippen LogP contribution < -0.4 is 4.74 Å². The number of carboxylic acid groups (broad SMARTS) is 1. The van der Waals surface area contributed by atoms with E-state index in [1.165, 1.54) is 24.3 Å². The molecule has 6 nitrogen and oxygen atoms in total. The van der Waals surface area contributed by atoms with Crippen molar-refractivity contribution in [3.05, 3.63) is 29.8 Å². The number of carbonyl (C=O) groups excluding carboxylic acids is 1. The topological polar surface area (TPSA) is 87.1 Å². The number of halogens is 2. The highest BCUT2D eigenvalue weighted by Crippen LogP contribution is 2.22. The Morgan fingerprint density at radius 3 is 2.43 bits per heavy atom. The number of hydrogen-bond acceptors (Lipinski definition) is 4. The van der Waals surface area contributed by atoms with Gasteiger partial charge in [0.05, 0.1) is 6.10 Å². The quantitative estimate of drug-likeness (QED) is 0.864. The molecule has 0 aromatic heterocycles. The number of likely N-dealkylation sites (tertiary alicyclic amines) is 1. The Kier molecular flexibility index (Phi) is 4.37. The zero-order valence-electron chi connectivity index (χ0n) is 10.8. The molecule has 1 aliphatic rings. The summed E-state index contributed by atoms with van der Waals surface area (Å²) in [5.41, 5.74) is 0.136. The van der Waals surface area contributed by atoms with Gasteiger partial charge in [0.25, 0.3) is 5.91 Å². The first-order valence-corrected chi connectivity index (χ1v) is 6.15. The third-order valence-electron chi connectivity index (χ3n) is 3.15. The number of aliphatic hydroxyl groups is 1. The SMILES string of the molecule is O=C(O)C1CC(O)CN1C(=O)c1ccc(OC(F)F)cc1. The van der Waals surface area contributed by atoms with Crippen molar-refractivity contribution in [3.63, 3.8) is 0 Å². The van der Waals surface area contributed by atoms with E-state index in [2.05, 4.69) is 4.74 Å². The molecule has 1 aliphatic heterocycles. The van der Waals surface area contributed by atoms with E-state index in [-0.39, 0.29) is 24.3 Å². The maximum Gasteiger partial charge on any atom is 0.387 e. The molecule has 0 spiro atoms. The molecule has 1 fully saturated rings. The number of aliphatic carboxylic acids is 1. The summed E-state index contributed by atoms with van der Waals surface area (Å²) in [6.07, 6.45) is -0.926. The van der Waals surface area contributed by atoms with Crippen LogP contribution in [0.2, 0.25) is 0 Å². The number of nitrogens with zero attached hydrogens (tertiary/aromatic N) is 1. The summed E-state index contributed by atoms with van der Waals surface area (Å²) >= 11 is 0. The summed E-state index contributed by atoms with van der Waals surface area (Å²) in [5, 5.41) is 18.5. The van der Waals surface area contributed by atoms with Crippen molar-refractivity contribution < 1.29 is 33.3 Å². The number of carbonyl (C=O) groups is 2. The molecule has 21 heavy (non-hydrogen) atoms. The Hall–Kier alpha value is -2.22. The van der Waals surface area contributed by atoms with Gasteiger partial charge in [-0.3, -0.25) is 4.79 Å². The zero-order chi connectivity index (χ0) is 15.6. The number of ether oxygens (including phenoxy) is 1. The third-order valence-corrected chi connectivity index (χ3v) is 3.15. The van der Waals surface area contributed by atoms with Gasteiger partial charge in [0.2, 0.25) is 0 Å². The largest absolute Gasteiger partial charge is 0.480 e. The molecule has 1 saturated heterocycles. The van der Waals surface area contributed by atoms with Crippen LogP contribution in [0.1, 0.15) is 16.8 Å². The maximum absolute atomic E-state index is 12.2. The van der Waals surface area contributed by atoms with Gasteiger partial charge < -0.3 is 19.8 Å². The Morgan fingerprint density at radius 2 is 1.90 bits per heavy atom. The lowest BCUT2D eigenvalue weighted by atomic mass is 10.1. The van der Waals surface area contributed by atoms with Crippen LogP contribution >= 0.6 is 0 Å². The van der Waals surface area contributed by atoms with E-state index >= 15 is 0 Å². The molecule has 1 heterocycles. The summed E-state index contributed by atoms with van der Waals surface area (Å²) < 4.78 is 28.2. The molecule has 0 saturated carbocycles. The van der Waals surface area contributed by atoms with Gasteiger partial charge >= 0.3 is 12.6 Å². The molecule has 0 radical (unpaired) electrons. The van der Waals surface area contributed by atoms with E-state index in [1.807, 2.05) is 0 Å². The number of amides is 1. The minimum Gasteiger partial charge on any atom is -0.480 e. The first-order valence-electron chi connectivity index (χ1n) is 6.15. The van der Waals surface area contributed by atoms with Crippen molar-refractivity contribution in [1.29, 1.82) is 0 Å². The van der Waals surface area contributed by atoms with Crippen molar-refractivity contribution in [2.75, 3.05) is 6.54 Å². The van der Waals surface area contributed by atoms with Crippen molar-refractivity contribution >= 4 is 11.9 Å². The molecule has 1 amide bonds. The van der Waals surface area contributed by atoms with Crippen molar-refractivity contribution in [3.8, 4) is 5.75 Å². The smallest absolute Gasteiger partial charge is 0.387 e. The van der Waals surface area contributed by atoms with Crippen LogP contribution in [0.5, 0.6) is 5.75 Å². The molecule has 2 atom stereocenters. The fraction of sp³-hybridized carbons (Fsp3) is 0.385. The number of aliphatic hydroxyl groups excluding tert-OH is 1. The van der Waals surface area contributed by atoms with Crippen LogP contribution in [0.4, 0.5) is 8.78 Å². The van der Waals surface area contributed by atoms with Gasteiger partial charge in [-0.2, -0.15) is 8.78 Å². The van der Waals surface area contributed by atoms with Gasteiger partial charge in [-0.1, -0.05) is 0 Å². The number of rotatable bonds is 4. The molecule has 2 N–H and O–H groups in total. The average molecular weight is 301 g/mol. The lowest BCUT2D eigenvalue weighted by Gasteiger charge is -2.21. The fourth-order valence-electron chi connectivity index (χ4n) is 2.22. The first-order chi connectivity index (χ1) is 9.88. The number of hydrogen-bond donors (Lipinski definition) is 2.